The van der Waals surface area contributed by atoms with Crippen molar-refractivity contribution < 1.29 is 0 Å². The number of hydrazone groups is 1. The van der Waals surface area contributed by atoms with Crippen LogP contribution in [-0.4, -0.2) is 10.8 Å². The van der Waals surface area contributed by atoms with Crippen molar-refractivity contribution in [1.82, 2.24) is 5.43 Å². The molecular formula is C9H19N3S. The molecule has 0 aromatic rings. The highest BCUT2D eigenvalue weighted by Gasteiger charge is 2.12. The van der Waals surface area contributed by atoms with E-state index in [0.717, 1.165) is 12.1 Å². The minimum absolute atomic E-state index is 0.218. The molecule has 0 rings (SSSR count). The summed E-state index contributed by atoms with van der Waals surface area (Å²) in [4.78, 5) is 0. The van der Waals surface area contributed by atoms with E-state index in [4.69, 9.17) is 5.73 Å². The molecule has 0 aliphatic heterocycles. The Kier molecular flexibility index (Phi) is 5.62. The van der Waals surface area contributed by atoms with Gasteiger partial charge in [0.1, 0.15) is 0 Å². The number of hydrogen-bond donors (Lipinski definition) is 2. The van der Waals surface area contributed by atoms with E-state index in [1.165, 1.54) is 0 Å². The summed E-state index contributed by atoms with van der Waals surface area (Å²) in [6, 6.07) is 0. The molecule has 2 atom stereocenters. The Hall–Kier alpha value is -0.640. The van der Waals surface area contributed by atoms with Gasteiger partial charge in [-0.15, -0.1) is 0 Å². The lowest BCUT2D eigenvalue weighted by Crippen LogP contribution is -2.27. The number of hydrogen-bond acceptors (Lipinski definition) is 2. The van der Waals surface area contributed by atoms with E-state index in [9.17, 15) is 0 Å². The molecule has 3 N–H and O–H groups in total. The minimum atomic E-state index is 0.218. The van der Waals surface area contributed by atoms with Gasteiger partial charge in [0.05, 0.1) is 0 Å². The molecule has 0 aliphatic carbocycles. The van der Waals surface area contributed by atoms with E-state index in [1.807, 2.05) is 6.92 Å². The molecule has 13 heavy (non-hydrogen) atoms. The van der Waals surface area contributed by atoms with Crippen molar-refractivity contribution in [2.75, 3.05) is 0 Å². The van der Waals surface area contributed by atoms with Crippen LogP contribution in [0.15, 0.2) is 5.10 Å². The molecule has 0 bridgehead atoms. The number of nitrogens with one attached hydrogen (secondary N) is 1. The van der Waals surface area contributed by atoms with Gasteiger partial charge in [0.2, 0.25) is 0 Å². The number of nitrogens with two attached hydrogens (primary N) is 1. The van der Waals surface area contributed by atoms with Crippen molar-refractivity contribution in [3.63, 3.8) is 0 Å². The Labute approximate surface area is 85.8 Å². The average molecular weight is 201 g/mol. The second-order valence-electron chi connectivity index (χ2n) is 3.40. The standard InChI is InChI=1S/C9H19N3S/c1-5-6(2)7(3)8(4)11-12-9(10)13/h6-7H,5H2,1-4H3,(H3,10,12,13). The Balaban J connectivity index is 4.15. The summed E-state index contributed by atoms with van der Waals surface area (Å²) in [7, 11) is 0. The molecule has 0 fully saturated rings. The first-order valence-corrected chi connectivity index (χ1v) is 4.99. The van der Waals surface area contributed by atoms with Gasteiger partial charge in [0, 0.05) is 5.71 Å². The third-order valence-corrected chi connectivity index (χ3v) is 2.59. The van der Waals surface area contributed by atoms with E-state index in [2.05, 4.69) is 43.5 Å². The number of rotatable bonds is 4. The summed E-state index contributed by atoms with van der Waals surface area (Å²) in [5, 5.41) is 4.31. The normalized spacial score (nSPS) is 16.5. The van der Waals surface area contributed by atoms with E-state index >= 15 is 0 Å². The molecule has 0 spiro atoms. The smallest absolute Gasteiger partial charge is 0.184 e. The first-order valence-electron chi connectivity index (χ1n) is 4.58. The van der Waals surface area contributed by atoms with Gasteiger partial charge in [-0.1, -0.05) is 27.2 Å². The second kappa shape index (κ2) is 5.91. The van der Waals surface area contributed by atoms with Crippen molar-refractivity contribution in [3.05, 3.63) is 0 Å². The molecule has 0 saturated carbocycles. The van der Waals surface area contributed by atoms with Gasteiger partial charge in [-0.05, 0) is 31.0 Å². The Morgan fingerprint density at radius 2 is 2.08 bits per heavy atom. The topological polar surface area (TPSA) is 50.4 Å². The zero-order valence-corrected chi connectivity index (χ0v) is 9.61. The predicted octanol–water partition coefficient (Wildman–Crippen LogP) is 1.88. The van der Waals surface area contributed by atoms with Crippen LogP contribution in [-0.2, 0) is 0 Å². The van der Waals surface area contributed by atoms with Crippen LogP contribution in [0.5, 0.6) is 0 Å². The van der Waals surface area contributed by atoms with Crippen LogP contribution in [0.2, 0.25) is 0 Å². The quantitative estimate of drug-likeness (QED) is 0.415. The average Bonchev–Trinajstić information content (AvgIpc) is 2.11. The highest BCUT2D eigenvalue weighted by atomic mass is 32.1. The van der Waals surface area contributed by atoms with Crippen LogP contribution in [0, 0.1) is 11.8 Å². The summed E-state index contributed by atoms with van der Waals surface area (Å²) >= 11 is 4.65. The lowest BCUT2D eigenvalue weighted by atomic mass is 9.90. The zero-order valence-electron chi connectivity index (χ0n) is 8.79. The fourth-order valence-electron chi connectivity index (χ4n) is 1.01. The molecule has 0 amide bonds. The van der Waals surface area contributed by atoms with E-state index in [0.29, 0.717) is 11.8 Å². The van der Waals surface area contributed by atoms with Crippen molar-refractivity contribution in [3.8, 4) is 0 Å². The van der Waals surface area contributed by atoms with Crippen molar-refractivity contribution in [2.24, 2.45) is 22.7 Å². The maximum absolute atomic E-state index is 5.26. The van der Waals surface area contributed by atoms with Crippen LogP contribution >= 0.6 is 12.2 Å². The Bertz CT molecular complexity index is 201. The maximum atomic E-state index is 5.26. The first kappa shape index (κ1) is 12.4. The van der Waals surface area contributed by atoms with Crippen LogP contribution in [0.3, 0.4) is 0 Å². The molecular weight excluding hydrogens is 182 g/mol. The predicted molar refractivity (Wildman–Crippen MR) is 61.6 cm³/mol. The van der Waals surface area contributed by atoms with Crippen molar-refractivity contribution in [2.45, 2.75) is 34.1 Å². The third-order valence-electron chi connectivity index (χ3n) is 2.50. The molecule has 0 saturated heterocycles. The van der Waals surface area contributed by atoms with Gasteiger partial charge in [-0.3, -0.25) is 5.43 Å². The van der Waals surface area contributed by atoms with E-state index in [-0.39, 0.29) is 5.11 Å². The second-order valence-corrected chi connectivity index (χ2v) is 3.84. The minimum Gasteiger partial charge on any atom is -0.375 e. The van der Waals surface area contributed by atoms with Gasteiger partial charge < -0.3 is 5.73 Å². The molecule has 4 heteroatoms. The van der Waals surface area contributed by atoms with Gasteiger partial charge in [-0.2, -0.15) is 5.10 Å². The van der Waals surface area contributed by atoms with Gasteiger partial charge in [0.15, 0.2) is 5.11 Å². The lowest BCUT2D eigenvalue weighted by Gasteiger charge is -2.17. The fourth-order valence-corrected chi connectivity index (χ4v) is 1.06. The zero-order chi connectivity index (χ0) is 10.4. The highest BCUT2D eigenvalue weighted by Crippen LogP contribution is 2.15. The van der Waals surface area contributed by atoms with Crippen LogP contribution < -0.4 is 11.2 Å². The van der Waals surface area contributed by atoms with Crippen LogP contribution in [0.25, 0.3) is 0 Å². The molecule has 0 heterocycles. The number of thiocarbonyl (C=S) groups is 1. The Morgan fingerprint density at radius 1 is 1.54 bits per heavy atom. The lowest BCUT2D eigenvalue weighted by molar-refractivity contribution is 0.466. The van der Waals surface area contributed by atoms with Gasteiger partial charge in [-0.25, -0.2) is 0 Å². The van der Waals surface area contributed by atoms with E-state index < -0.39 is 0 Å². The summed E-state index contributed by atoms with van der Waals surface area (Å²) < 4.78 is 0. The van der Waals surface area contributed by atoms with Gasteiger partial charge >= 0.3 is 0 Å². The largest absolute Gasteiger partial charge is 0.375 e. The van der Waals surface area contributed by atoms with Crippen LogP contribution in [0.4, 0.5) is 0 Å². The summed E-state index contributed by atoms with van der Waals surface area (Å²) in [6.45, 7) is 8.54. The molecule has 0 aliphatic rings. The van der Waals surface area contributed by atoms with Gasteiger partial charge in [0.25, 0.3) is 0 Å². The molecule has 76 valence electrons. The molecule has 0 aromatic carbocycles. The first-order chi connectivity index (χ1) is 5.99. The SMILES string of the molecule is CCC(C)C(C)C(C)=NNC(N)=S. The van der Waals surface area contributed by atoms with Crippen LogP contribution in [0.1, 0.15) is 34.1 Å². The molecule has 0 radical (unpaired) electrons. The fraction of sp³-hybridized carbons (Fsp3) is 0.778. The third kappa shape index (κ3) is 4.83. The van der Waals surface area contributed by atoms with Crippen molar-refractivity contribution >= 4 is 23.0 Å². The Morgan fingerprint density at radius 3 is 2.46 bits per heavy atom. The molecule has 3 nitrogen and oxygen atoms in total. The summed E-state index contributed by atoms with van der Waals surface area (Å²) in [5.41, 5.74) is 8.91. The molecule has 2 unspecified atom stereocenters. The summed E-state index contributed by atoms with van der Waals surface area (Å²) in [6.07, 6.45) is 1.15. The maximum Gasteiger partial charge on any atom is 0.184 e. The number of nitrogens with zero attached hydrogens (tertiary/aromatic N) is 1. The van der Waals surface area contributed by atoms with E-state index in [1.54, 1.807) is 0 Å². The van der Waals surface area contributed by atoms with Crippen molar-refractivity contribution in [1.29, 1.82) is 0 Å². The monoisotopic (exact) mass is 201 g/mol. The summed E-state index contributed by atoms with van der Waals surface area (Å²) in [5.74, 6) is 1.10. The highest BCUT2D eigenvalue weighted by molar-refractivity contribution is 7.80. The molecule has 0 aromatic heterocycles.